The van der Waals surface area contributed by atoms with Gasteiger partial charge in [0.15, 0.2) is 0 Å². The Morgan fingerprint density at radius 1 is 1.00 bits per heavy atom. The molecule has 0 aliphatic heterocycles. The number of nitrogens with one attached hydrogen (secondary N) is 3. The minimum Gasteiger partial charge on any atom is -0.352 e. The van der Waals surface area contributed by atoms with E-state index in [0.717, 1.165) is 0 Å². The number of benzene rings is 1. The molecule has 1 aromatic carbocycles. The summed E-state index contributed by atoms with van der Waals surface area (Å²) in [4.78, 5) is 36.0. The zero-order valence-electron chi connectivity index (χ0n) is 14.7. The van der Waals surface area contributed by atoms with Gasteiger partial charge in [0.25, 0.3) is 11.8 Å². The lowest BCUT2D eigenvalue weighted by atomic mass is 10.1. The molecule has 2 aromatic rings. The standard InChI is InChI=1S/C18H22N4O3S.ClH/c19-8-10-21-18(25)14-4-1-2-5-15(14)22-16(23)6-3-9-20-17(24)13-7-11-26-12-13;/h1-2,4-5,7,11-12H,3,6,8-10,19H2,(H,20,24)(H,21,25)(H,22,23);1H. The van der Waals surface area contributed by atoms with Gasteiger partial charge in [-0.2, -0.15) is 11.3 Å². The summed E-state index contributed by atoms with van der Waals surface area (Å²) in [6, 6.07) is 8.54. The first kappa shape index (κ1) is 22.6. The normalized spacial score (nSPS) is 9.81. The maximum atomic E-state index is 12.1. The first-order chi connectivity index (χ1) is 12.6. The van der Waals surface area contributed by atoms with Crippen LogP contribution < -0.4 is 21.7 Å². The van der Waals surface area contributed by atoms with Crippen LogP contribution in [0.15, 0.2) is 41.1 Å². The van der Waals surface area contributed by atoms with Crippen LogP contribution in [-0.2, 0) is 4.79 Å². The van der Waals surface area contributed by atoms with Gasteiger partial charge in [0, 0.05) is 37.0 Å². The van der Waals surface area contributed by atoms with Gasteiger partial charge in [-0.05, 0) is 30.0 Å². The predicted molar refractivity (Wildman–Crippen MR) is 110 cm³/mol. The van der Waals surface area contributed by atoms with Crippen LogP contribution in [0.25, 0.3) is 0 Å². The third-order valence-corrected chi connectivity index (χ3v) is 4.21. The molecule has 0 fully saturated rings. The second-order valence-electron chi connectivity index (χ2n) is 5.51. The van der Waals surface area contributed by atoms with Crippen LogP contribution in [0.1, 0.15) is 33.6 Å². The fraction of sp³-hybridized carbons (Fsp3) is 0.278. The number of rotatable bonds is 9. The fourth-order valence-corrected chi connectivity index (χ4v) is 2.87. The van der Waals surface area contributed by atoms with Gasteiger partial charge in [-0.15, -0.1) is 12.4 Å². The lowest BCUT2D eigenvalue weighted by Crippen LogP contribution is -2.30. The van der Waals surface area contributed by atoms with Crippen molar-refractivity contribution in [3.63, 3.8) is 0 Å². The SMILES string of the molecule is Cl.NCCNC(=O)c1ccccc1NC(=O)CCCNC(=O)c1ccsc1. The van der Waals surface area contributed by atoms with E-state index in [-0.39, 0.29) is 36.5 Å². The van der Waals surface area contributed by atoms with Gasteiger partial charge >= 0.3 is 0 Å². The summed E-state index contributed by atoms with van der Waals surface area (Å²) in [7, 11) is 0. The van der Waals surface area contributed by atoms with E-state index < -0.39 is 0 Å². The highest BCUT2D eigenvalue weighted by Gasteiger charge is 2.12. The molecule has 1 heterocycles. The molecule has 0 saturated carbocycles. The van der Waals surface area contributed by atoms with Crippen LogP contribution in [-0.4, -0.2) is 37.4 Å². The van der Waals surface area contributed by atoms with Crippen molar-refractivity contribution < 1.29 is 14.4 Å². The molecule has 0 atom stereocenters. The number of hydrogen-bond donors (Lipinski definition) is 4. The molecule has 0 radical (unpaired) electrons. The molecule has 7 nitrogen and oxygen atoms in total. The van der Waals surface area contributed by atoms with Crippen molar-refractivity contribution in [1.82, 2.24) is 10.6 Å². The Morgan fingerprint density at radius 2 is 1.74 bits per heavy atom. The number of para-hydroxylation sites is 1. The number of carbonyl (C=O) groups is 3. The minimum atomic E-state index is -0.283. The van der Waals surface area contributed by atoms with E-state index in [4.69, 9.17) is 5.73 Å². The largest absolute Gasteiger partial charge is 0.352 e. The monoisotopic (exact) mass is 410 g/mol. The third-order valence-electron chi connectivity index (χ3n) is 3.53. The molecular weight excluding hydrogens is 388 g/mol. The van der Waals surface area contributed by atoms with Gasteiger partial charge in [0.05, 0.1) is 11.3 Å². The summed E-state index contributed by atoms with van der Waals surface area (Å²) in [5.74, 6) is -0.642. The fourth-order valence-electron chi connectivity index (χ4n) is 2.23. The van der Waals surface area contributed by atoms with E-state index in [1.807, 2.05) is 5.38 Å². The van der Waals surface area contributed by atoms with Crippen molar-refractivity contribution in [1.29, 1.82) is 0 Å². The summed E-state index contributed by atoms with van der Waals surface area (Å²) >= 11 is 1.46. The van der Waals surface area contributed by atoms with Crippen molar-refractivity contribution in [2.24, 2.45) is 5.73 Å². The second-order valence-corrected chi connectivity index (χ2v) is 6.29. The zero-order chi connectivity index (χ0) is 18.8. The number of anilines is 1. The molecule has 0 unspecified atom stereocenters. The van der Waals surface area contributed by atoms with Gasteiger partial charge in [0.2, 0.25) is 5.91 Å². The van der Waals surface area contributed by atoms with Crippen LogP contribution in [0.5, 0.6) is 0 Å². The van der Waals surface area contributed by atoms with E-state index in [9.17, 15) is 14.4 Å². The molecule has 0 spiro atoms. The van der Waals surface area contributed by atoms with Crippen molar-refractivity contribution >= 4 is 47.2 Å². The van der Waals surface area contributed by atoms with Crippen LogP contribution in [0.2, 0.25) is 0 Å². The van der Waals surface area contributed by atoms with Gasteiger partial charge < -0.3 is 21.7 Å². The summed E-state index contributed by atoms with van der Waals surface area (Å²) < 4.78 is 0. The van der Waals surface area contributed by atoms with Gasteiger partial charge in [-0.1, -0.05) is 12.1 Å². The zero-order valence-corrected chi connectivity index (χ0v) is 16.3. The molecule has 3 amide bonds. The number of carbonyl (C=O) groups excluding carboxylic acids is 3. The number of halogens is 1. The Bertz CT molecular complexity index is 753. The number of thiophene rings is 1. The smallest absolute Gasteiger partial charge is 0.253 e. The average Bonchev–Trinajstić information content (AvgIpc) is 3.18. The highest BCUT2D eigenvalue weighted by Crippen LogP contribution is 2.15. The molecule has 2 rings (SSSR count). The van der Waals surface area contributed by atoms with Gasteiger partial charge in [0.1, 0.15) is 0 Å². The van der Waals surface area contributed by atoms with Crippen molar-refractivity contribution in [3.05, 3.63) is 52.2 Å². The second kappa shape index (κ2) is 12.1. The van der Waals surface area contributed by atoms with E-state index in [1.54, 1.807) is 35.7 Å². The molecule has 0 saturated heterocycles. The van der Waals surface area contributed by atoms with Gasteiger partial charge in [-0.3, -0.25) is 14.4 Å². The first-order valence-corrected chi connectivity index (χ1v) is 9.23. The molecule has 27 heavy (non-hydrogen) atoms. The van der Waals surface area contributed by atoms with Crippen molar-refractivity contribution in [3.8, 4) is 0 Å². The molecule has 0 aliphatic rings. The summed E-state index contributed by atoms with van der Waals surface area (Å²) in [5, 5.41) is 11.8. The Hall–Kier alpha value is -2.42. The number of amides is 3. The topological polar surface area (TPSA) is 113 Å². The highest BCUT2D eigenvalue weighted by molar-refractivity contribution is 7.08. The van der Waals surface area contributed by atoms with E-state index in [0.29, 0.717) is 42.9 Å². The summed E-state index contributed by atoms with van der Waals surface area (Å²) in [5.41, 5.74) is 6.84. The molecule has 1 aromatic heterocycles. The highest BCUT2D eigenvalue weighted by atomic mass is 35.5. The van der Waals surface area contributed by atoms with E-state index in [1.165, 1.54) is 11.3 Å². The number of nitrogens with two attached hydrogens (primary N) is 1. The Morgan fingerprint density at radius 3 is 2.44 bits per heavy atom. The molecular formula is C18H23ClN4O3S. The molecule has 146 valence electrons. The molecule has 0 aliphatic carbocycles. The third kappa shape index (κ3) is 7.38. The van der Waals surface area contributed by atoms with Crippen LogP contribution in [0, 0.1) is 0 Å². The van der Waals surface area contributed by atoms with E-state index >= 15 is 0 Å². The molecule has 0 bridgehead atoms. The lowest BCUT2D eigenvalue weighted by molar-refractivity contribution is -0.116. The maximum Gasteiger partial charge on any atom is 0.253 e. The lowest BCUT2D eigenvalue weighted by Gasteiger charge is -2.11. The van der Waals surface area contributed by atoms with Crippen molar-refractivity contribution in [2.45, 2.75) is 12.8 Å². The summed E-state index contributed by atoms with van der Waals surface area (Å²) in [6.45, 7) is 1.11. The average molecular weight is 411 g/mol. The number of hydrogen-bond acceptors (Lipinski definition) is 5. The van der Waals surface area contributed by atoms with E-state index in [2.05, 4.69) is 16.0 Å². The minimum absolute atomic E-state index is 0. The Balaban J connectivity index is 0.00000364. The van der Waals surface area contributed by atoms with Gasteiger partial charge in [-0.25, -0.2) is 0 Å². The molecule has 9 heteroatoms. The quantitative estimate of drug-likeness (QED) is 0.473. The first-order valence-electron chi connectivity index (χ1n) is 8.29. The maximum absolute atomic E-state index is 12.1. The van der Waals surface area contributed by atoms with Crippen LogP contribution in [0.4, 0.5) is 5.69 Å². The summed E-state index contributed by atoms with van der Waals surface area (Å²) in [6.07, 6.45) is 0.742. The van der Waals surface area contributed by atoms with Crippen LogP contribution >= 0.6 is 23.7 Å². The molecule has 5 N–H and O–H groups in total. The Kier molecular flexibility index (Phi) is 10.1. The Labute approximate surface area is 168 Å². The van der Waals surface area contributed by atoms with Crippen molar-refractivity contribution in [2.75, 3.05) is 25.0 Å². The van der Waals surface area contributed by atoms with Crippen LogP contribution in [0.3, 0.4) is 0 Å². The predicted octanol–water partition coefficient (Wildman–Crippen LogP) is 2.01.